The van der Waals surface area contributed by atoms with Crippen molar-refractivity contribution in [2.75, 3.05) is 4.90 Å². The number of hydrogen-bond donors (Lipinski definition) is 0. The van der Waals surface area contributed by atoms with Crippen molar-refractivity contribution in [1.82, 2.24) is 4.57 Å². The Morgan fingerprint density at radius 2 is 1.02 bits per heavy atom. The SMILES string of the molecule is CC1C=C(c2ccccc2)C=CC1N(c1ccc(-c2ccc3c(c2)c2ccccc2n3-c2ccccc2)cc1)c1ccc2c(c1)C(c1ccccc1)(c1ccccc1)c1ccccc1-2. The molecular weight excluding hydrogens is 773 g/mol. The summed E-state index contributed by atoms with van der Waals surface area (Å²) in [4.78, 5) is 2.57. The van der Waals surface area contributed by atoms with E-state index in [1.807, 2.05) is 0 Å². The maximum atomic E-state index is 2.57. The highest BCUT2D eigenvalue weighted by atomic mass is 15.2. The first-order chi connectivity index (χ1) is 31.7. The lowest BCUT2D eigenvalue weighted by molar-refractivity contribution is 0.611. The van der Waals surface area contributed by atoms with E-state index in [0.717, 1.165) is 5.69 Å². The average molecular weight is 819 g/mol. The van der Waals surface area contributed by atoms with Gasteiger partial charge in [0.05, 0.1) is 22.5 Å². The van der Waals surface area contributed by atoms with Gasteiger partial charge in [-0.1, -0.05) is 201 Å². The summed E-state index contributed by atoms with van der Waals surface area (Å²) < 4.78 is 2.38. The zero-order chi connectivity index (χ0) is 42.6. The molecule has 0 bridgehead atoms. The first-order valence-electron chi connectivity index (χ1n) is 22.5. The van der Waals surface area contributed by atoms with Crippen molar-refractivity contribution in [1.29, 1.82) is 0 Å². The molecule has 0 saturated heterocycles. The number of allylic oxidation sites excluding steroid dienone is 2. The summed E-state index contributed by atoms with van der Waals surface area (Å²) in [6, 6.07) is 84.9. The smallest absolute Gasteiger partial charge is 0.0714 e. The van der Waals surface area contributed by atoms with Crippen LogP contribution in [-0.2, 0) is 5.41 Å². The Bertz CT molecular complexity index is 3340. The number of para-hydroxylation sites is 2. The minimum Gasteiger partial charge on any atom is -0.334 e. The number of benzene rings is 9. The fraction of sp³-hybridized carbons (Fsp3) is 0.0645. The van der Waals surface area contributed by atoms with Crippen LogP contribution >= 0.6 is 0 Å². The van der Waals surface area contributed by atoms with Crippen molar-refractivity contribution >= 4 is 38.8 Å². The zero-order valence-corrected chi connectivity index (χ0v) is 35.7. The molecule has 64 heavy (non-hydrogen) atoms. The van der Waals surface area contributed by atoms with Crippen LogP contribution < -0.4 is 4.90 Å². The van der Waals surface area contributed by atoms with E-state index in [1.165, 1.54) is 88.8 Å². The molecule has 10 aromatic rings. The second kappa shape index (κ2) is 15.4. The molecule has 9 aromatic carbocycles. The molecule has 2 nitrogen and oxygen atoms in total. The lowest BCUT2D eigenvalue weighted by atomic mass is 9.67. The van der Waals surface area contributed by atoms with Crippen molar-refractivity contribution in [2.45, 2.75) is 18.4 Å². The highest BCUT2D eigenvalue weighted by molar-refractivity contribution is 6.10. The third kappa shape index (κ3) is 6.02. The summed E-state index contributed by atoms with van der Waals surface area (Å²) in [6.07, 6.45) is 7.19. The molecule has 0 N–H and O–H groups in total. The molecule has 0 spiro atoms. The van der Waals surface area contributed by atoms with Gasteiger partial charge >= 0.3 is 0 Å². The molecule has 2 aliphatic carbocycles. The summed E-state index contributed by atoms with van der Waals surface area (Å²) in [6.45, 7) is 2.36. The number of aromatic nitrogens is 1. The monoisotopic (exact) mass is 818 g/mol. The first-order valence-corrected chi connectivity index (χ1v) is 22.5. The molecule has 0 aliphatic heterocycles. The summed E-state index contributed by atoms with van der Waals surface area (Å²) in [5.41, 5.74) is 18.1. The van der Waals surface area contributed by atoms with Gasteiger partial charge in [-0.25, -0.2) is 0 Å². The van der Waals surface area contributed by atoms with E-state index in [1.54, 1.807) is 0 Å². The second-order valence-electron chi connectivity index (χ2n) is 17.3. The standard InChI is InChI=1S/C62H46N2/c1-43-40-46(44-18-6-2-7-19-44)32-38-59(43)63(51-34-30-45(31-35-51)47-33-39-61-56(41-47)55-27-15-17-29-60(55)64(61)50-24-12-5-13-25-50)52-36-37-54-53-26-14-16-28-57(53)62(58(54)42-52,48-20-8-3-9-21-48)49-22-10-4-11-23-49/h2-43,59H,1H3. The third-order valence-electron chi connectivity index (χ3n) is 13.7. The molecule has 0 saturated carbocycles. The number of fused-ring (bicyclic) bond motifs is 6. The Morgan fingerprint density at radius 3 is 1.73 bits per heavy atom. The predicted molar refractivity (Wildman–Crippen MR) is 269 cm³/mol. The fourth-order valence-electron chi connectivity index (χ4n) is 10.9. The van der Waals surface area contributed by atoms with Gasteiger partial charge in [-0.3, -0.25) is 0 Å². The minimum absolute atomic E-state index is 0.0726. The molecule has 2 aliphatic rings. The maximum Gasteiger partial charge on any atom is 0.0714 e. The molecule has 304 valence electrons. The highest BCUT2D eigenvalue weighted by Gasteiger charge is 2.46. The van der Waals surface area contributed by atoms with E-state index < -0.39 is 5.41 Å². The van der Waals surface area contributed by atoms with Crippen molar-refractivity contribution < 1.29 is 0 Å². The molecule has 2 unspecified atom stereocenters. The Kier molecular flexibility index (Phi) is 9.12. The topological polar surface area (TPSA) is 8.17 Å². The molecule has 0 radical (unpaired) electrons. The first kappa shape index (κ1) is 37.8. The Hall–Kier alpha value is -7.94. The number of hydrogen-bond acceptors (Lipinski definition) is 1. The van der Waals surface area contributed by atoms with Gasteiger partial charge in [-0.2, -0.15) is 0 Å². The second-order valence-corrected chi connectivity index (χ2v) is 17.3. The van der Waals surface area contributed by atoms with Gasteiger partial charge in [-0.15, -0.1) is 0 Å². The summed E-state index contributed by atoms with van der Waals surface area (Å²) >= 11 is 0. The van der Waals surface area contributed by atoms with Crippen LogP contribution in [0.25, 0.3) is 55.3 Å². The van der Waals surface area contributed by atoms with Crippen molar-refractivity contribution in [2.24, 2.45) is 5.92 Å². The lowest BCUT2D eigenvalue weighted by Gasteiger charge is -2.38. The van der Waals surface area contributed by atoms with Gasteiger partial charge in [0.1, 0.15) is 0 Å². The molecule has 2 atom stereocenters. The third-order valence-corrected chi connectivity index (χ3v) is 13.7. The molecule has 0 amide bonds. The normalized spacial score (nSPS) is 16.0. The van der Waals surface area contributed by atoms with Crippen LogP contribution in [0, 0.1) is 5.92 Å². The van der Waals surface area contributed by atoms with Crippen molar-refractivity contribution in [3.63, 3.8) is 0 Å². The largest absolute Gasteiger partial charge is 0.334 e. The summed E-state index contributed by atoms with van der Waals surface area (Å²) in [5.74, 6) is 0.225. The number of nitrogens with zero attached hydrogens (tertiary/aromatic N) is 2. The van der Waals surface area contributed by atoms with Gasteiger partial charge < -0.3 is 9.47 Å². The van der Waals surface area contributed by atoms with Gasteiger partial charge in [-0.05, 0) is 116 Å². The van der Waals surface area contributed by atoms with E-state index in [2.05, 4.69) is 265 Å². The van der Waals surface area contributed by atoms with Gasteiger partial charge in [0.2, 0.25) is 0 Å². The van der Waals surface area contributed by atoms with E-state index in [0.29, 0.717) is 0 Å². The van der Waals surface area contributed by atoms with Crippen molar-refractivity contribution in [3.05, 3.63) is 277 Å². The Labute approximate surface area is 375 Å². The summed E-state index contributed by atoms with van der Waals surface area (Å²) in [5, 5.41) is 2.51. The maximum absolute atomic E-state index is 2.57. The number of rotatable bonds is 8. The predicted octanol–water partition coefficient (Wildman–Crippen LogP) is 15.6. The highest BCUT2D eigenvalue weighted by Crippen LogP contribution is 2.57. The van der Waals surface area contributed by atoms with Crippen LogP contribution in [0.15, 0.2) is 249 Å². The zero-order valence-electron chi connectivity index (χ0n) is 35.7. The van der Waals surface area contributed by atoms with Crippen LogP contribution in [0.3, 0.4) is 0 Å². The van der Waals surface area contributed by atoms with E-state index in [4.69, 9.17) is 0 Å². The van der Waals surface area contributed by atoms with Gasteiger partial charge in [0.15, 0.2) is 0 Å². The van der Waals surface area contributed by atoms with Crippen LogP contribution in [0.2, 0.25) is 0 Å². The van der Waals surface area contributed by atoms with Crippen LogP contribution in [0.5, 0.6) is 0 Å². The van der Waals surface area contributed by atoms with E-state index >= 15 is 0 Å². The quantitative estimate of drug-likeness (QED) is 0.148. The number of anilines is 2. The minimum atomic E-state index is -0.489. The van der Waals surface area contributed by atoms with Gasteiger partial charge in [0, 0.05) is 27.8 Å². The fourth-order valence-corrected chi connectivity index (χ4v) is 10.9. The van der Waals surface area contributed by atoms with Gasteiger partial charge in [0.25, 0.3) is 0 Å². The Balaban J connectivity index is 1.01. The Morgan fingerprint density at radius 1 is 0.438 bits per heavy atom. The summed E-state index contributed by atoms with van der Waals surface area (Å²) in [7, 11) is 0. The van der Waals surface area contributed by atoms with Crippen LogP contribution in [0.4, 0.5) is 11.4 Å². The molecular formula is C62H46N2. The molecule has 0 fully saturated rings. The lowest BCUT2D eigenvalue weighted by Crippen LogP contribution is -2.36. The van der Waals surface area contributed by atoms with E-state index in [9.17, 15) is 0 Å². The molecule has 2 heteroatoms. The molecule has 1 heterocycles. The van der Waals surface area contributed by atoms with Crippen LogP contribution in [0.1, 0.15) is 34.7 Å². The molecule has 12 rings (SSSR count). The average Bonchev–Trinajstić information content (AvgIpc) is 3.86. The van der Waals surface area contributed by atoms with E-state index in [-0.39, 0.29) is 12.0 Å². The van der Waals surface area contributed by atoms with Crippen LogP contribution in [-0.4, -0.2) is 10.6 Å². The van der Waals surface area contributed by atoms with Crippen molar-refractivity contribution in [3.8, 4) is 27.9 Å². The molecule has 1 aromatic heterocycles.